The summed E-state index contributed by atoms with van der Waals surface area (Å²) in [7, 11) is 0. The third kappa shape index (κ3) is 7.13. The van der Waals surface area contributed by atoms with E-state index < -0.39 is 0 Å². The van der Waals surface area contributed by atoms with E-state index in [1.54, 1.807) is 0 Å². The second-order valence-electron chi connectivity index (χ2n) is 7.92. The summed E-state index contributed by atoms with van der Waals surface area (Å²) < 4.78 is 0. The van der Waals surface area contributed by atoms with E-state index in [1.807, 2.05) is 18.2 Å². The van der Waals surface area contributed by atoms with Gasteiger partial charge in [0, 0.05) is 37.7 Å². The lowest BCUT2D eigenvalue weighted by atomic mass is 9.90. The van der Waals surface area contributed by atoms with Crippen molar-refractivity contribution in [3.8, 4) is 0 Å². The van der Waals surface area contributed by atoms with Crippen molar-refractivity contribution in [1.29, 1.82) is 0 Å². The van der Waals surface area contributed by atoms with E-state index in [0.717, 1.165) is 24.7 Å². The Morgan fingerprint density at radius 1 is 1.21 bits per heavy atom. The van der Waals surface area contributed by atoms with Gasteiger partial charge in [0.2, 0.25) is 5.91 Å². The Morgan fingerprint density at radius 3 is 2.69 bits per heavy atom. The highest BCUT2D eigenvalue weighted by molar-refractivity contribution is 14.0. The lowest BCUT2D eigenvalue weighted by Crippen LogP contribution is -2.41. The quantitative estimate of drug-likeness (QED) is 0.297. The van der Waals surface area contributed by atoms with Crippen LogP contribution in [0.3, 0.4) is 0 Å². The minimum Gasteiger partial charge on any atom is -0.357 e. The summed E-state index contributed by atoms with van der Waals surface area (Å²) in [5.41, 5.74) is 2.14. The number of hydrogen-bond donors (Lipinski definition) is 3. The Hall–Kier alpha value is -1.35. The predicted octanol–water partition coefficient (Wildman–Crippen LogP) is 3.41. The predicted molar refractivity (Wildman–Crippen MR) is 131 cm³/mol. The fourth-order valence-electron chi connectivity index (χ4n) is 4.17. The van der Waals surface area contributed by atoms with E-state index in [0.29, 0.717) is 18.9 Å². The molecule has 0 aliphatic carbocycles. The molecule has 2 heterocycles. The molecule has 2 aliphatic heterocycles. The Labute approximate surface area is 192 Å². The van der Waals surface area contributed by atoms with Crippen molar-refractivity contribution >= 4 is 41.5 Å². The molecule has 1 fully saturated rings. The van der Waals surface area contributed by atoms with Gasteiger partial charge in [-0.15, -0.1) is 24.0 Å². The zero-order valence-corrected chi connectivity index (χ0v) is 20.1. The number of carbonyl (C=O) groups excluding carboxylic acids is 1. The number of nitrogens with one attached hydrogen (secondary N) is 3. The second kappa shape index (κ2) is 12.4. The van der Waals surface area contributed by atoms with Gasteiger partial charge in [-0.25, -0.2) is 0 Å². The number of amides is 1. The summed E-state index contributed by atoms with van der Waals surface area (Å²) in [5, 5.41) is 9.79. The fraction of sp³-hybridized carbons (Fsp3) is 0.636. The summed E-state index contributed by atoms with van der Waals surface area (Å²) in [6.07, 6.45) is 4.22. The Balaban J connectivity index is 0.00000300. The first-order valence-electron chi connectivity index (χ1n) is 10.8. The highest BCUT2D eigenvalue weighted by Gasteiger charge is 2.25. The molecule has 1 unspecified atom stereocenters. The molecule has 1 amide bonds. The van der Waals surface area contributed by atoms with Crippen LogP contribution in [0.5, 0.6) is 0 Å². The van der Waals surface area contributed by atoms with Crippen molar-refractivity contribution in [2.24, 2.45) is 10.9 Å². The summed E-state index contributed by atoms with van der Waals surface area (Å²) in [5.74, 6) is 1.80. The third-order valence-electron chi connectivity index (χ3n) is 5.72. The van der Waals surface area contributed by atoms with Crippen LogP contribution in [0.25, 0.3) is 0 Å². The van der Waals surface area contributed by atoms with Crippen LogP contribution in [0, 0.1) is 5.92 Å². The van der Waals surface area contributed by atoms with Crippen LogP contribution in [-0.2, 0) is 4.79 Å². The number of carbonyl (C=O) groups is 1. The van der Waals surface area contributed by atoms with Gasteiger partial charge in [0.05, 0.1) is 0 Å². The van der Waals surface area contributed by atoms with Gasteiger partial charge >= 0.3 is 0 Å². The van der Waals surface area contributed by atoms with Gasteiger partial charge in [-0.3, -0.25) is 9.79 Å². The van der Waals surface area contributed by atoms with Crippen molar-refractivity contribution in [2.75, 3.05) is 44.6 Å². The number of aliphatic imine (C=N–C) groups is 1. The lowest BCUT2D eigenvalue weighted by molar-refractivity contribution is -0.116. The standard InChI is InChI=1S/C22H35N5O.HI/c1-3-11-27-12-9-17(10-13-27)15-24-22(23-4-2)25-16-18-14-21(28)26-20-8-6-5-7-19(18)20;/h5-8,17-18H,3-4,9-16H2,1-2H3,(H,26,28)(H2,23,24,25);1H. The maximum Gasteiger partial charge on any atom is 0.225 e. The summed E-state index contributed by atoms with van der Waals surface area (Å²) in [6, 6.07) is 8.08. The first-order chi connectivity index (χ1) is 13.7. The van der Waals surface area contributed by atoms with E-state index in [4.69, 9.17) is 4.99 Å². The molecule has 0 saturated carbocycles. The molecule has 1 aromatic rings. The zero-order chi connectivity index (χ0) is 19.8. The Kier molecular flexibility index (Phi) is 10.2. The highest BCUT2D eigenvalue weighted by atomic mass is 127. The molecule has 3 rings (SSSR count). The lowest BCUT2D eigenvalue weighted by Gasteiger charge is -2.31. The molecule has 1 saturated heterocycles. The number of guanidine groups is 1. The monoisotopic (exact) mass is 513 g/mol. The number of halogens is 1. The number of anilines is 1. The van der Waals surface area contributed by atoms with Crippen molar-refractivity contribution in [3.05, 3.63) is 29.8 Å². The van der Waals surface area contributed by atoms with Gasteiger partial charge in [-0.05, 0) is 63.4 Å². The molecule has 1 aromatic carbocycles. The number of likely N-dealkylation sites (tertiary alicyclic amines) is 1. The molecule has 162 valence electrons. The molecule has 0 bridgehead atoms. The number of benzene rings is 1. The summed E-state index contributed by atoms with van der Waals surface area (Å²) >= 11 is 0. The number of nitrogens with zero attached hydrogens (tertiary/aromatic N) is 2. The third-order valence-corrected chi connectivity index (χ3v) is 5.72. The van der Waals surface area contributed by atoms with Crippen LogP contribution < -0.4 is 16.0 Å². The zero-order valence-electron chi connectivity index (χ0n) is 17.7. The van der Waals surface area contributed by atoms with E-state index in [1.165, 1.54) is 44.5 Å². The van der Waals surface area contributed by atoms with Gasteiger partial charge in [0.15, 0.2) is 5.96 Å². The van der Waals surface area contributed by atoms with Gasteiger partial charge in [0.1, 0.15) is 0 Å². The Bertz CT molecular complexity index is 673. The molecule has 3 N–H and O–H groups in total. The largest absolute Gasteiger partial charge is 0.357 e. The fourth-order valence-corrected chi connectivity index (χ4v) is 4.17. The van der Waals surface area contributed by atoms with E-state index in [2.05, 4.69) is 40.8 Å². The van der Waals surface area contributed by atoms with Gasteiger partial charge in [-0.1, -0.05) is 25.1 Å². The molecule has 7 heteroatoms. The van der Waals surface area contributed by atoms with Gasteiger partial charge < -0.3 is 20.9 Å². The minimum absolute atomic E-state index is 0. The number of rotatable bonds is 7. The smallest absolute Gasteiger partial charge is 0.225 e. The average molecular weight is 513 g/mol. The summed E-state index contributed by atoms with van der Waals surface area (Å²) in [6.45, 7) is 10.4. The maximum atomic E-state index is 12.0. The molecular formula is C22H36IN5O. The highest BCUT2D eigenvalue weighted by Crippen LogP contribution is 2.31. The van der Waals surface area contributed by atoms with E-state index >= 15 is 0 Å². The number of hydrogen-bond acceptors (Lipinski definition) is 3. The number of fused-ring (bicyclic) bond motifs is 1. The van der Waals surface area contributed by atoms with Crippen LogP contribution in [0.4, 0.5) is 5.69 Å². The van der Waals surface area contributed by atoms with Gasteiger partial charge in [0.25, 0.3) is 0 Å². The first-order valence-corrected chi connectivity index (χ1v) is 10.8. The molecular weight excluding hydrogens is 477 g/mol. The number of piperidine rings is 1. The van der Waals surface area contributed by atoms with E-state index in [-0.39, 0.29) is 35.8 Å². The van der Waals surface area contributed by atoms with Crippen LogP contribution >= 0.6 is 24.0 Å². The van der Waals surface area contributed by atoms with Crippen molar-refractivity contribution in [1.82, 2.24) is 15.5 Å². The minimum atomic E-state index is 0. The molecule has 0 spiro atoms. The topological polar surface area (TPSA) is 68.8 Å². The van der Waals surface area contributed by atoms with Crippen LogP contribution in [0.15, 0.2) is 29.3 Å². The summed E-state index contributed by atoms with van der Waals surface area (Å²) in [4.78, 5) is 19.4. The van der Waals surface area contributed by atoms with Crippen molar-refractivity contribution < 1.29 is 4.79 Å². The molecule has 2 aliphatic rings. The number of para-hydroxylation sites is 1. The first kappa shape index (κ1) is 23.9. The normalized spacial score (nSPS) is 20.4. The molecule has 0 aromatic heterocycles. The second-order valence-corrected chi connectivity index (χ2v) is 7.92. The van der Waals surface area contributed by atoms with Crippen LogP contribution in [0.1, 0.15) is 51.0 Å². The Morgan fingerprint density at radius 2 is 1.97 bits per heavy atom. The SMILES string of the molecule is CCCN1CCC(CN=C(NCC)NCC2CC(=O)Nc3ccccc32)CC1.I. The molecule has 29 heavy (non-hydrogen) atoms. The van der Waals surface area contributed by atoms with Crippen LogP contribution in [-0.4, -0.2) is 56.0 Å². The van der Waals surface area contributed by atoms with Crippen molar-refractivity contribution in [3.63, 3.8) is 0 Å². The molecule has 1 atom stereocenters. The molecule has 6 nitrogen and oxygen atoms in total. The van der Waals surface area contributed by atoms with E-state index in [9.17, 15) is 4.79 Å². The average Bonchev–Trinajstić information content (AvgIpc) is 2.71. The molecule has 0 radical (unpaired) electrons. The maximum absolute atomic E-state index is 12.0. The van der Waals surface area contributed by atoms with Crippen molar-refractivity contribution in [2.45, 2.75) is 45.4 Å². The van der Waals surface area contributed by atoms with Crippen LogP contribution in [0.2, 0.25) is 0 Å². The van der Waals surface area contributed by atoms with Gasteiger partial charge in [-0.2, -0.15) is 0 Å².